The SMILES string of the molecule is CCCCCc1cc(O)c(C2C=C(C)CCC2)c(OCOC)c1. The Morgan fingerprint density at radius 1 is 1.26 bits per heavy atom. The van der Waals surface area contributed by atoms with Crippen molar-refractivity contribution in [1.29, 1.82) is 0 Å². The van der Waals surface area contributed by atoms with Crippen LogP contribution >= 0.6 is 0 Å². The highest BCUT2D eigenvalue weighted by molar-refractivity contribution is 5.51. The van der Waals surface area contributed by atoms with Crippen LogP contribution in [0.3, 0.4) is 0 Å². The third kappa shape index (κ3) is 5.00. The van der Waals surface area contributed by atoms with E-state index in [2.05, 4.69) is 26.0 Å². The van der Waals surface area contributed by atoms with Gasteiger partial charge in [-0.25, -0.2) is 0 Å². The Bertz CT molecular complexity index is 534. The molecule has 128 valence electrons. The molecule has 0 aliphatic heterocycles. The third-order valence-electron chi connectivity index (χ3n) is 4.52. The first kappa shape index (κ1) is 17.9. The molecule has 0 radical (unpaired) electrons. The molecule has 3 nitrogen and oxygen atoms in total. The predicted molar refractivity (Wildman–Crippen MR) is 94.2 cm³/mol. The molecule has 0 heterocycles. The first-order valence-corrected chi connectivity index (χ1v) is 8.80. The van der Waals surface area contributed by atoms with Gasteiger partial charge in [-0.3, -0.25) is 0 Å². The molecule has 0 saturated carbocycles. The van der Waals surface area contributed by atoms with Crippen LogP contribution in [0.25, 0.3) is 0 Å². The summed E-state index contributed by atoms with van der Waals surface area (Å²) in [6.07, 6.45) is 10.2. The molecule has 0 aromatic heterocycles. The van der Waals surface area contributed by atoms with Crippen LogP contribution in [-0.4, -0.2) is 19.0 Å². The highest BCUT2D eigenvalue weighted by Gasteiger charge is 2.22. The fraction of sp³-hybridized carbons (Fsp3) is 0.600. The number of hydrogen-bond acceptors (Lipinski definition) is 3. The molecule has 2 rings (SSSR count). The largest absolute Gasteiger partial charge is 0.507 e. The Kier molecular flexibility index (Phi) is 6.97. The quantitative estimate of drug-likeness (QED) is 0.400. The molecule has 1 unspecified atom stereocenters. The maximum atomic E-state index is 10.6. The van der Waals surface area contributed by atoms with Gasteiger partial charge in [0.2, 0.25) is 0 Å². The molecule has 1 aliphatic rings. The Morgan fingerprint density at radius 2 is 2.09 bits per heavy atom. The lowest BCUT2D eigenvalue weighted by Gasteiger charge is -2.24. The van der Waals surface area contributed by atoms with Gasteiger partial charge in [0.25, 0.3) is 0 Å². The molecule has 23 heavy (non-hydrogen) atoms. The normalized spacial score (nSPS) is 17.9. The van der Waals surface area contributed by atoms with Crippen LogP contribution in [0, 0.1) is 0 Å². The number of phenols is 1. The second-order valence-corrected chi connectivity index (χ2v) is 6.55. The van der Waals surface area contributed by atoms with E-state index >= 15 is 0 Å². The van der Waals surface area contributed by atoms with E-state index < -0.39 is 0 Å². The van der Waals surface area contributed by atoms with Gasteiger partial charge in [0, 0.05) is 18.6 Å². The van der Waals surface area contributed by atoms with Crippen molar-refractivity contribution in [3.63, 3.8) is 0 Å². The van der Waals surface area contributed by atoms with Gasteiger partial charge >= 0.3 is 0 Å². The number of benzene rings is 1. The van der Waals surface area contributed by atoms with Crippen LogP contribution in [0.1, 0.15) is 69.4 Å². The summed E-state index contributed by atoms with van der Waals surface area (Å²) in [7, 11) is 1.62. The van der Waals surface area contributed by atoms with E-state index in [1.165, 1.54) is 18.4 Å². The van der Waals surface area contributed by atoms with Gasteiger partial charge in [-0.05, 0) is 56.7 Å². The number of allylic oxidation sites excluding steroid dienone is 2. The number of hydrogen-bond donors (Lipinski definition) is 1. The average molecular weight is 318 g/mol. The average Bonchev–Trinajstić information content (AvgIpc) is 2.53. The summed E-state index contributed by atoms with van der Waals surface area (Å²) >= 11 is 0. The molecule has 1 aromatic carbocycles. The maximum Gasteiger partial charge on any atom is 0.188 e. The summed E-state index contributed by atoms with van der Waals surface area (Å²) in [4.78, 5) is 0. The number of unbranched alkanes of at least 4 members (excludes halogenated alkanes) is 2. The first-order valence-electron chi connectivity index (χ1n) is 8.80. The van der Waals surface area contributed by atoms with Crippen LogP contribution in [-0.2, 0) is 11.2 Å². The second-order valence-electron chi connectivity index (χ2n) is 6.55. The smallest absolute Gasteiger partial charge is 0.188 e. The molecule has 1 N–H and O–H groups in total. The van der Waals surface area contributed by atoms with E-state index in [0.29, 0.717) is 5.75 Å². The molecular weight excluding hydrogens is 288 g/mol. The predicted octanol–water partition coefficient (Wildman–Crippen LogP) is 5.32. The van der Waals surface area contributed by atoms with Gasteiger partial charge in [-0.1, -0.05) is 31.4 Å². The lowest BCUT2D eigenvalue weighted by atomic mass is 9.84. The summed E-state index contributed by atoms with van der Waals surface area (Å²) in [6, 6.07) is 4.00. The third-order valence-corrected chi connectivity index (χ3v) is 4.52. The van der Waals surface area contributed by atoms with Gasteiger partial charge in [0.05, 0.1) is 0 Å². The van der Waals surface area contributed by atoms with E-state index in [9.17, 15) is 5.11 Å². The maximum absolute atomic E-state index is 10.6. The minimum Gasteiger partial charge on any atom is -0.507 e. The van der Waals surface area contributed by atoms with Gasteiger partial charge < -0.3 is 14.6 Å². The summed E-state index contributed by atoms with van der Waals surface area (Å²) in [5.74, 6) is 1.37. The molecule has 0 spiro atoms. The molecule has 3 heteroatoms. The molecule has 0 fully saturated rings. The van der Waals surface area contributed by atoms with E-state index in [-0.39, 0.29) is 12.7 Å². The minimum atomic E-state index is 0.209. The minimum absolute atomic E-state index is 0.209. The van der Waals surface area contributed by atoms with E-state index in [1.807, 2.05) is 6.07 Å². The Hall–Kier alpha value is -1.48. The molecule has 0 bridgehead atoms. The number of phenolic OH excluding ortho intramolecular Hbond substituents is 1. The number of rotatable bonds is 8. The van der Waals surface area contributed by atoms with Crippen molar-refractivity contribution in [3.05, 3.63) is 34.9 Å². The molecular formula is C20H30O3. The fourth-order valence-electron chi connectivity index (χ4n) is 3.34. The van der Waals surface area contributed by atoms with Crippen molar-refractivity contribution in [2.45, 2.75) is 64.7 Å². The Balaban J connectivity index is 2.29. The van der Waals surface area contributed by atoms with Crippen LogP contribution in [0.15, 0.2) is 23.8 Å². The van der Waals surface area contributed by atoms with E-state index in [1.54, 1.807) is 7.11 Å². The first-order chi connectivity index (χ1) is 11.2. The van der Waals surface area contributed by atoms with Crippen LogP contribution in [0.4, 0.5) is 0 Å². The molecule has 1 aliphatic carbocycles. The summed E-state index contributed by atoms with van der Waals surface area (Å²) in [6.45, 7) is 4.57. The van der Waals surface area contributed by atoms with Crippen LogP contribution in [0.5, 0.6) is 11.5 Å². The second kappa shape index (κ2) is 8.97. The lowest BCUT2D eigenvalue weighted by molar-refractivity contribution is 0.0500. The van der Waals surface area contributed by atoms with E-state index in [4.69, 9.17) is 9.47 Å². The number of ether oxygens (including phenoxy) is 2. The number of aromatic hydroxyl groups is 1. The monoisotopic (exact) mass is 318 g/mol. The van der Waals surface area contributed by atoms with Crippen molar-refractivity contribution in [1.82, 2.24) is 0 Å². The number of methoxy groups -OCH3 is 1. The van der Waals surface area contributed by atoms with Crippen molar-refractivity contribution in [2.75, 3.05) is 13.9 Å². The van der Waals surface area contributed by atoms with Crippen molar-refractivity contribution < 1.29 is 14.6 Å². The van der Waals surface area contributed by atoms with Crippen LogP contribution < -0.4 is 4.74 Å². The van der Waals surface area contributed by atoms with Gasteiger partial charge in [0.15, 0.2) is 6.79 Å². The van der Waals surface area contributed by atoms with Crippen LogP contribution in [0.2, 0.25) is 0 Å². The Morgan fingerprint density at radius 3 is 2.78 bits per heavy atom. The van der Waals surface area contributed by atoms with Gasteiger partial charge in [0.1, 0.15) is 11.5 Å². The zero-order valence-electron chi connectivity index (χ0n) is 14.7. The zero-order chi connectivity index (χ0) is 16.7. The van der Waals surface area contributed by atoms with Crippen molar-refractivity contribution >= 4 is 0 Å². The van der Waals surface area contributed by atoms with Gasteiger partial charge in [-0.15, -0.1) is 0 Å². The highest BCUT2D eigenvalue weighted by Crippen LogP contribution is 2.42. The highest BCUT2D eigenvalue weighted by atomic mass is 16.7. The van der Waals surface area contributed by atoms with E-state index in [0.717, 1.165) is 49.0 Å². The summed E-state index contributed by atoms with van der Waals surface area (Å²) in [5, 5.41) is 10.6. The summed E-state index contributed by atoms with van der Waals surface area (Å²) < 4.78 is 10.9. The summed E-state index contributed by atoms with van der Waals surface area (Å²) in [5.41, 5.74) is 3.45. The van der Waals surface area contributed by atoms with Crippen molar-refractivity contribution in [2.24, 2.45) is 0 Å². The molecule has 0 amide bonds. The van der Waals surface area contributed by atoms with Gasteiger partial charge in [-0.2, -0.15) is 0 Å². The topological polar surface area (TPSA) is 38.7 Å². The van der Waals surface area contributed by atoms with Crippen molar-refractivity contribution in [3.8, 4) is 11.5 Å². The fourth-order valence-corrected chi connectivity index (χ4v) is 3.34. The Labute approximate surface area is 140 Å². The molecule has 0 saturated heterocycles. The zero-order valence-corrected chi connectivity index (χ0v) is 14.7. The molecule has 1 aromatic rings. The number of aryl methyl sites for hydroxylation is 1. The molecule has 1 atom stereocenters. The standard InChI is InChI=1S/C20H30O3/c1-4-5-6-9-16-12-18(21)20(19(13-16)23-14-22-3)17-10-7-8-15(2)11-17/h11-13,17,21H,4-10,14H2,1-3H3. The lowest BCUT2D eigenvalue weighted by Crippen LogP contribution is -2.08.